The van der Waals surface area contributed by atoms with Gasteiger partial charge in [-0.1, -0.05) is 28.1 Å². The number of hydrogen-bond acceptors (Lipinski definition) is 3. The first-order chi connectivity index (χ1) is 8.69. The molecule has 3 nitrogen and oxygen atoms in total. The lowest BCUT2D eigenvalue weighted by atomic mass is 10.1. The molecule has 0 radical (unpaired) electrons. The van der Waals surface area contributed by atoms with Crippen molar-refractivity contribution in [2.24, 2.45) is 0 Å². The highest BCUT2D eigenvalue weighted by atomic mass is 79.9. The molecular weight excluding hydrogens is 292 g/mol. The number of anilines is 1. The number of aryl methyl sites for hydroxylation is 1. The van der Waals surface area contributed by atoms with E-state index in [1.165, 1.54) is 11.1 Å². The van der Waals surface area contributed by atoms with Crippen LogP contribution >= 0.6 is 15.9 Å². The maximum absolute atomic E-state index is 5.02. The summed E-state index contributed by atoms with van der Waals surface area (Å²) in [5, 5.41) is 3.32. The van der Waals surface area contributed by atoms with E-state index >= 15 is 0 Å². The van der Waals surface area contributed by atoms with Crippen molar-refractivity contribution >= 4 is 21.6 Å². The van der Waals surface area contributed by atoms with Crippen LogP contribution in [0.25, 0.3) is 0 Å². The fraction of sp³-hybridized carbons (Fsp3) is 0.214. The summed E-state index contributed by atoms with van der Waals surface area (Å²) in [5.74, 6) is 0.624. The lowest BCUT2D eigenvalue weighted by Gasteiger charge is -2.08. The third-order valence-electron chi connectivity index (χ3n) is 2.68. The Balaban J connectivity index is 1.99. The Bertz CT molecular complexity index is 526. The number of pyridine rings is 1. The van der Waals surface area contributed by atoms with Crippen LogP contribution in [0.15, 0.2) is 41.0 Å². The van der Waals surface area contributed by atoms with E-state index in [9.17, 15) is 0 Å². The second-order valence-electron chi connectivity index (χ2n) is 4.03. The summed E-state index contributed by atoms with van der Waals surface area (Å²) in [6.07, 6.45) is 1.77. The van der Waals surface area contributed by atoms with Gasteiger partial charge in [0.2, 0.25) is 5.88 Å². The number of halogens is 1. The van der Waals surface area contributed by atoms with Gasteiger partial charge in [-0.05, 0) is 30.2 Å². The van der Waals surface area contributed by atoms with Crippen molar-refractivity contribution in [3.63, 3.8) is 0 Å². The van der Waals surface area contributed by atoms with Crippen LogP contribution in [0.2, 0.25) is 0 Å². The van der Waals surface area contributed by atoms with Crippen LogP contribution in [0, 0.1) is 6.92 Å². The quantitative estimate of drug-likeness (QED) is 0.933. The maximum atomic E-state index is 5.02. The van der Waals surface area contributed by atoms with Gasteiger partial charge in [-0.15, -0.1) is 0 Å². The molecule has 0 fully saturated rings. The second-order valence-corrected chi connectivity index (χ2v) is 4.88. The predicted molar refractivity (Wildman–Crippen MR) is 77.0 cm³/mol. The molecule has 1 aromatic carbocycles. The number of hydrogen-bond donors (Lipinski definition) is 1. The Hall–Kier alpha value is -1.55. The predicted octanol–water partition coefficient (Wildman–Crippen LogP) is 3.77. The summed E-state index contributed by atoms with van der Waals surface area (Å²) in [7, 11) is 1.61. The summed E-state index contributed by atoms with van der Waals surface area (Å²) >= 11 is 3.53. The van der Waals surface area contributed by atoms with E-state index in [2.05, 4.69) is 51.4 Å². The van der Waals surface area contributed by atoms with Crippen molar-refractivity contribution in [3.8, 4) is 5.88 Å². The topological polar surface area (TPSA) is 34.1 Å². The molecule has 0 unspecified atom stereocenters. The molecule has 0 bridgehead atoms. The summed E-state index contributed by atoms with van der Waals surface area (Å²) in [6, 6.07) is 10.1. The molecule has 1 N–H and O–H groups in total. The molecule has 94 valence electrons. The van der Waals surface area contributed by atoms with Crippen LogP contribution in [-0.4, -0.2) is 12.1 Å². The van der Waals surface area contributed by atoms with Gasteiger partial charge in [0.1, 0.15) is 0 Å². The van der Waals surface area contributed by atoms with Crippen LogP contribution in [-0.2, 0) is 6.54 Å². The Kier molecular flexibility index (Phi) is 4.20. The van der Waals surface area contributed by atoms with Crippen molar-refractivity contribution in [2.75, 3.05) is 12.4 Å². The van der Waals surface area contributed by atoms with Crippen molar-refractivity contribution in [2.45, 2.75) is 13.5 Å². The van der Waals surface area contributed by atoms with Gasteiger partial charge in [-0.25, -0.2) is 4.98 Å². The molecule has 0 amide bonds. The minimum Gasteiger partial charge on any atom is -0.481 e. The number of methoxy groups -OCH3 is 1. The minimum atomic E-state index is 0.624. The zero-order valence-corrected chi connectivity index (χ0v) is 12.0. The zero-order chi connectivity index (χ0) is 13.0. The average molecular weight is 307 g/mol. The molecule has 0 aliphatic heterocycles. The Labute approximate surface area is 115 Å². The van der Waals surface area contributed by atoms with Gasteiger partial charge < -0.3 is 10.1 Å². The molecular formula is C14H15BrN2O. The van der Waals surface area contributed by atoms with Crippen LogP contribution in [0.4, 0.5) is 5.69 Å². The van der Waals surface area contributed by atoms with Gasteiger partial charge in [0.25, 0.3) is 0 Å². The van der Waals surface area contributed by atoms with Crippen LogP contribution in [0.5, 0.6) is 5.88 Å². The van der Waals surface area contributed by atoms with Gasteiger partial charge >= 0.3 is 0 Å². The highest BCUT2D eigenvalue weighted by Gasteiger charge is 1.99. The van der Waals surface area contributed by atoms with Crippen molar-refractivity contribution in [1.29, 1.82) is 0 Å². The first-order valence-corrected chi connectivity index (χ1v) is 6.47. The Morgan fingerprint density at radius 1 is 1.28 bits per heavy atom. The van der Waals surface area contributed by atoms with E-state index in [0.29, 0.717) is 5.88 Å². The third-order valence-corrected chi connectivity index (χ3v) is 3.53. The van der Waals surface area contributed by atoms with E-state index in [1.54, 1.807) is 13.3 Å². The average Bonchev–Trinajstić information content (AvgIpc) is 2.41. The number of ether oxygens (including phenoxy) is 1. The number of aromatic nitrogens is 1. The maximum Gasteiger partial charge on any atom is 0.213 e. The highest BCUT2D eigenvalue weighted by Crippen LogP contribution is 2.18. The number of rotatable bonds is 4. The molecule has 0 spiro atoms. The number of nitrogens with one attached hydrogen (secondary N) is 1. The molecule has 0 saturated carbocycles. The third kappa shape index (κ3) is 3.23. The second kappa shape index (κ2) is 5.87. The van der Waals surface area contributed by atoms with E-state index in [4.69, 9.17) is 4.74 Å². The van der Waals surface area contributed by atoms with Crippen molar-refractivity contribution < 1.29 is 4.74 Å². The Morgan fingerprint density at radius 3 is 2.72 bits per heavy atom. The van der Waals surface area contributed by atoms with Crippen LogP contribution < -0.4 is 10.1 Å². The largest absolute Gasteiger partial charge is 0.481 e. The molecule has 0 aliphatic carbocycles. The number of nitrogens with zero attached hydrogens (tertiary/aromatic N) is 1. The SMILES string of the molecule is COc1ccc(NCc2ccc(C)c(Br)c2)cn1. The molecule has 2 rings (SSSR count). The molecule has 2 aromatic rings. The Morgan fingerprint density at radius 2 is 2.11 bits per heavy atom. The van der Waals surface area contributed by atoms with Gasteiger partial charge in [-0.3, -0.25) is 0 Å². The molecule has 1 heterocycles. The van der Waals surface area contributed by atoms with E-state index in [0.717, 1.165) is 16.7 Å². The molecule has 1 aromatic heterocycles. The van der Waals surface area contributed by atoms with Gasteiger partial charge in [0.15, 0.2) is 0 Å². The molecule has 0 saturated heterocycles. The highest BCUT2D eigenvalue weighted by molar-refractivity contribution is 9.10. The van der Waals surface area contributed by atoms with Gasteiger partial charge in [0.05, 0.1) is 19.0 Å². The summed E-state index contributed by atoms with van der Waals surface area (Å²) in [4.78, 5) is 4.15. The van der Waals surface area contributed by atoms with E-state index < -0.39 is 0 Å². The number of benzene rings is 1. The molecule has 0 aliphatic rings. The molecule has 0 atom stereocenters. The monoisotopic (exact) mass is 306 g/mol. The molecule has 18 heavy (non-hydrogen) atoms. The van der Waals surface area contributed by atoms with Gasteiger partial charge in [-0.2, -0.15) is 0 Å². The summed E-state index contributed by atoms with van der Waals surface area (Å²) < 4.78 is 6.15. The first-order valence-electron chi connectivity index (χ1n) is 5.68. The first kappa shape index (κ1) is 12.9. The van der Waals surface area contributed by atoms with Gasteiger partial charge in [0, 0.05) is 17.1 Å². The van der Waals surface area contributed by atoms with Crippen LogP contribution in [0.3, 0.4) is 0 Å². The summed E-state index contributed by atoms with van der Waals surface area (Å²) in [6.45, 7) is 2.85. The minimum absolute atomic E-state index is 0.624. The zero-order valence-electron chi connectivity index (χ0n) is 10.4. The van der Waals surface area contributed by atoms with Crippen molar-refractivity contribution in [1.82, 2.24) is 4.98 Å². The lowest BCUT2D eigenvalue weighted by Crippen LogP contribution is -2.00. The smallest absolute Gasteiger partial charge is 0.213 e. The lowest BCUT2D eigenvalue weighted by molar-refractivity contribution is 0.398. The van der Waals surface area contributed by atoms with E-state index in [-0.39, 0.29) is 0 Å². The standard InChI is InChI=1S/C14H15BrN2O/c1-10-3-4-11(7-13(10)15)8-16-12-5-6-14(18-2)17-9-12/h3-7,9,16H,8H2,1-2H3. The van der Waals surface area contributed by atoms with Crippen molar-refractivity contribution in [3.05, 3.63) is 52.1 Å². The normalized spacial score (nSPS) is 10.2. The van der Waals surface area contributed by atoms with Crippen LogP contribution in [0.1, 0.15) is 11.1 Å². The fourth-order valence-electron chi connectivity index (χ4n) is 1.56. The fourth-order valence-corrected chi connectivity index (χ4v) is 1.98. The van der Waals surface area contributed by atoms with E-state index in [1.807, 2.05) is 12.1 Å². The summed E-state index contributed by atoms with van der Waals surface area (Å²) in [5.41, 5.74) is 3.45. The molecule has 4 heteroatoms.